The highest BCUT2D eigenvalue weighted by Crippen LogP contribution is 2.33. The summed E-state index contributed by atoms with van der Waals surface area (Å²) in [6, 6.07) is 4.98. The molecule has 0 atom stereocenters. The molecule has 0 unspecified atom stereocenters. The molecule has 6 nitrogen and oxygen atoms in total. The maximum atomic E-state index is 5.39. The third-order valence-electron chi connectivity index (χ3n) is 4.82. The van der Waals surface area contributed by atoms with Crippen LogP contribution in [0.15, 0.2) is 21.6 Å². The summed E-state index contributed by atoms with van der Waals surface area (Å²) in [6.45, 7) is 7.43. The summed E-state index contributed by atoms with van der Waals surface area (Å²) in [4.78, 5) is 6.89. The van der Waals surface area contributed by atoms with Crippen molar-refractivity contribution in [1.29, 1.82) is 0 Å². The lowest BCUT2D eigenvalue weighted by molar-refractivity contribution is 0.167. The van der Waals surface area contributed by atoms with Gasteiger partial charge in [0.05, 0.1) is 14.2 Å². The van der Waals surface area contributed by atoms with Crippen molar-refractivity contribution >= 4 is 21.9 Å². The molecule has 0 aromatic heterocycles. The average Bonchev–Trinajstić information content (AvgIpc) is 2.65. The second kappa shape index (κ2) is 10.0. The first-order chi connectivity index (χ1) is 12.5. The van der Waals surface area contributed by atoms with Gasteiger partial charge >= 0.3 is 0 Å². The molecule has 2 N–H and O–H groups in total. The van der Waals surface area contributed by atoms with Gasteiger partial charge in [-0.2, -0.15) is 0 Å². The highest BCUT2D eigenvalue weighted by molar-refractivity contribution is 9.10. The van der Waals surface area contributed by atoms with Gasteiger partial charge in [0, 0.05) is 43.2 Å². The molecule has 146 valence electrons. The van der Waals surface area contributed by atoms with Crippen molar-refractivity contribution in [3.8, 4) is 11.5 Å². The summed E-state index contributed by atoms with van der Waals surface area (Å²) < 4.78 is 11.7. The van der Waals surface area contributed by atoms with Crippen molar-refractivity contribution in [3.05, 3.63) is 22.2 Å². The molecule has 1 aliphatic heterocycles. The van der Waals surface area contributed by atoms with Crippen LogP contribution in [0.4, 0.5) is 0 Å². The van der Waals surface area contributed by atoms with Crippen LogP contribution < -0.4 is 20.1 Å². The topological polar surface area (TPSA) is 58.1 Å². The monoisotopic (exact) mass is 426 g/mol. The molecule has 26 heavy (non-hydrogen) atoms. The van der Waals surface area contributed by atoms with Crippen LogP contribution in [-0.2, 0) is 6.54 Å². The van der Waals surface area contributed by atoms with Crippen LogP contribution in [0.5, 0.6) is 11.5 Å². The van der Waals surface area contributed by atoms with Crippen molar-refractivity contribution in [2.45, 2.75) is 45.3 Å². The van der Waals surface area contributed by atoms with Crippen molar-refractivity contribution < 1.29 is 9.47 Å². The third-order valence-corrected chi connectivity index (χ3v) is 5.56. The molecule has 1 aliphatic rings. The van der Waals surface area contributed by atoms with Crippen LogP contribution in [0.3, 0.4) is 0 Å². The molecule has 7 heteroatoms. The molecule has 1 heterocycles. The fourth-order valence-corrected chi connectivity index (χ4v) is 3.62. The second-order valence-electron chi connectivity index (χ2n) is 6.77. The van der Waals surface area contributed by atoms with Crippen LogP contribution in [0.2, 0.25) is 0 Å². The Morgan fingerprint density at radius 2 is 1.85 bits per heavy atom. The Kier molecular flexibility index (Phi) is 8.03. The number of benzene rings is 1. The summed E-state index contributed by atoms with van der Waals surface area (Å²) in [5.74, 6) is 2.26. The van der Waals surface area contributed by atoms with Crippen molar-refractivity contribution in [2.75, 3.05) is 34.4 Å². The van der Waals surface area contributed by atoms with Gasteiger partial charge in [-0.1, -0.05) is 15.9 Å². The third kappa shape index (κ3) is 5.51. The molecule has 1 fully saturated rings. The summed E-state index contributed by atoms with van der Waals surface area (Å²) in [5.41, 5.74) is 1.08. The van der Waals surface area contributed by atoms with E-state index < -0.39 is 0 Å². The molecule has 1 saturated heterocycles. The standard InChI is InChI=1S/C19H31BrN4O2/c1-13(2)24-8-6-15(7-9-24)23-19(21-3)22-12-14-10-17(25-4)18(26-5)11-16(14)20/h10-11,13,15H,6-9,12H2,1-5H3,(H2,21,22,23). The van der Waals surface area contributed by atoms with Gasteiger partial charge < -0.3 is 25.0 Å². The van der Waals surface area contributed by atoms with E-state index in [2.05, 4.69) is 50.3 Å². The van der Waals surface area contributed by atoms with Gasteiger partial charge in [-0.15, -0.1) is 0 Å². The first-order valence-corrected chi connectivity index (χ1v) is 9.89. The largest absolute Gasteiger partial charge is 0.493 e. The van der Waals surface area contributed by atoms with Gasteiger partial charge in [-0.25, -0.2) is 0 Å². The van der Waals surface area contributed by atoms with Crippen LogP contribution in [0.25, 0.3) is 0 Å². The number of hydrogen-bond acceptors (Lipinski definition) is 4. The van der Waals surface area contributed by atoms with Gasteiger partial charge in [0.2, 0.25) is 0 Å². The molecular weight excluding hydrogens is 396 g/mol. The molecule has 0 bridgehead atoms. The van der Waals surface area contributed by atoms with E-state index in [0.717, 1.165) is 47.7 Å². The lowest BCUT2D eigenvalue weighted by atomic mass is 10.0. The number of likely N-dealkylation sites (tertiary alicyclic amines) is 1. The van der Waals surface area contributed by atoms with Crippen LogP contribution >= 0.6 is 15.9 Å². The normalized spacial score (nSPS) is 16.7. The van der Waals surface area contributed by atoms with E-state index in [-0.39, 0.29) is 0 Å². The number of halogens is 1. The molecule has 2 rings (SSSR count). The maximum Gasteiger partial charge on any atom is 0.191 e. The number of hydrogen-bond donors (Lipinski definition) is 2. The van der Waals surface area contributed by atoms with Gasteiger partial charge in [0.1, 0.15) is 0 Å². The Balaban J connectivity index is 1.91. The number of rotatable bonds is 6. The molecule has 0 amide bonds. The summed E-state index contributed by atoms with van der Waals surface area (Å²) in [5, 5.41) is 6.94. The zero-order valence-electron chi connectivity index (χ0n) is 16.4. The Morgan fingerprint density at radius 1 is 1.23 bits per heavy atom. The number of aliphatic imine (C=N–C) groups is 1. The quantitative estimate of drug-likeness (QED) is 0.540. The number of ether oxygens (including phenoxy) is 2. The Labute approximate surface area is 165 Å². The van der Waals surface area contributed by atoms with E-state index in [1.807, 2.05) is 19.2 Å². The van der Waals surface area contributed by atoms with E-state index in [4.69, 9.17) is 9.47 Å². The van der Waals surface area contributed by atoms with Crippen molar-refractivity contribution in [2.24, 2.45) is 4.99 Å². The highest BCUT2D eigenvalue weighted by atomic mass is 79.9. The molecule has 1 aromatic rings. The van der Waals surface area contributed by atoms with Crippen LogP contribution in [-0.4, -0.2) is 57.3 Å². The number of methoxy groups -OCH3 is 2. The zero-order chi connectivity index (χ0) is 19.1. The molecule has 0 radical (unpaired) electrons. The minimum atomic E-state index is 0.463. The predicted molar refractivity (Wildman–Crippen MR) is 110 cm³/mol. The summed E-state index contributed by atoms with van der Waals surface area (Å²) >= 11 is 3.60. The molecule has 0 aliphatic carbocycles. The maximum absolute atomic E-state index is 5.39. The summed E-state index contributed by atoms with van der Waals surface area (Å²) in [6.07, 6.45) is 2.28. The van der Waals surface area contributed by atoms with E-state index in [1.54, 1.807) is 14.2 Å². The van der Waals surface area contributed by atoms with Gasteiger partial charge in [0.15, 0.2) is 17.5 Å². The molecular formula is C19H31BrN4O2. The van der Waals surface area contributed by atoms with E-state index in [1.165, 1.54) is 0 Å². The molecule has 0 spiro atoms. The van der Waals surface area contributed by atoms with Crippen LogP contribution in [0.1, 0.15) is 32.3 Å². The summed E-state index contributed by atoms with van der Waals surface area (Å²) in [7, 11) is 5.09. The lowest BCUT2D eigenvalue weighted by Crippen LogP contribution is -2.49. The van der Waals surface area contributed by atoms with Gasteiger partial charge in [0.25, 0.3) is 0 Å². The van der Waals surface area contributed by atoms with E-state index >= 15 is 0 Å². The van der Waals surface area contributed by atoms with Crippen molar-refractivity contribution in [3.63, 3.8) is 0 Å². The number of guanidine groups is 1. The average molecular weight is 427 g/mol. The number of nitrogens with zero attached hydrogens (tertiary/aromatic N) is 2. The highest BCUT2D eigenvalue weighted by Gasteiger charge is 2.21. The lowest BCUT2D eigenvalue weighted by Gasteiger charge is -2.35. The predicted octanol–water partition coefficient (Wildman–Crippen LogP) is 3.00. The van der Waals surface area contributed by atoms with E-state index in [0.29, 0.717) is 24.4 Å². The first-order valence-electron chi connectivity index (χ1n) is 9.10. The van der Waals surface area contributed by atoms with E-state index in [9.17, 15) is 0 Å². The molecule has 1 aromatic carbocycles. The number of piperidine rings is 1. The smallest absolute Gasteiger partial charge is 0.191 e. The molecule has 0 saturated carbocycles. The minimum Gasteiger partial charge on any atom is -0.493 e. The fourth-order valence-electron chi connectivity index (χ4n) is 3.16. The van der Waals surface area contributed by atoms with Gasteiger partial charge in [-0.3, -0.25) is 4.99 Å². The minimum absolute atomic E-state index is 0.463. The zero-order valence-corrected chi connectivity index (χ0v) is 18.0. The Morgan fingerprint density at radius 3 is 2.38 bits per heavy atom. The number of nitrogens with one attached hydrogen (secondary N) is 2. The van der Waals surface area contributed by atoms with Gasteiger partial charge in [-0.05, 0) is 44.4 Å². The SMILES string of the molecule is CN=C(NCc1cc(OC)c(OC)cc1Br)NC1CCN(C(C)C)CC1. The Bertz CT molecular complexity index is 614. The Hall–Kier alpha value is -1.47. The van der Waals surface area contributed by atoms with Crippen molar-refractivity contribution in [1.82, 2.24) is 15.5 Å². The fraction of sp³-hybridized carbons (Fsp3) is 0.632. The second-order valence-corrected chi connectivity index (χ2v) is 7.63. The first kappa shape index (κ1) is 20.8. The van der Waals surface area contributed by atoms with Crippen LogP contribution in [0, 0.1) is 0 Å².